The van der Waals surface area contributed by atoms with Crippen LogP contribution in [0, 0.1) is 0 Å². The first-order valence-electron chi connectivity index (χ1n) is 22.1. The Labute approximate surface area is 379 Å². The smallest absolute Gasteiger partial charge is 0.164 e. The van der Waals surface area contributed by atoms with Crippen LogP contribution in [0.25, 0.3) is 88.7 Å². The maximum atomic E-state index is 5.65. The Kier molecular flexibility index (Phi) is 10.6. The minimum atomic E-state index is 0.671. The standard InChI is InChI=1S/C45H43B14N3/c46-29-23-25(33(50)41(58)39(29)56)31(48)37(54)35(52)27(23)44-60-43(61-45(62-44)28-24-26(32(49)38(55)36(28)53)34(51)42(59)40(57)30(24)47)18-10-6-9-17(15-18)20-14-13-19(16-7-2-1-3-8-16)21-11-4-5-12-22(20)21/h1-15H,46-59H2. The van der Waals surface area contributed by atoms with Gasteiger partial charge in [0.15, 0.2) is 17.5 Å². The largest absolute Gasteiger partial charge is 0.208 e. The zero-order valence-electron chi connectivity index (χ0n) is 39.0. The van der Waals surface area contributed by atoms with E-state index < -0.39 is 0 Å². The van der Waals surface area contributed by atoms with E-state index in [-0.39, 0.29) is 0 Å². The molecule has 0 fully saturated rings. The SMILES string of the molecule is Bc1c(B)c(B)c2c(-c3nc(-c4cccc(-c5ccc(-c6ccccc6)c6ccccc56)c4)nc(-c4c(B)c(B)c(B)c5c(B)c(B)c(B)c(B)c45)n3)c(B)c(B)c(B)c2c1B. The minimum Gasteiger partial charge on any atom is -0.208 e. The summed E-state index contributed by atoms with van der Waals surface area (Å²) in [7, 11) is 31.7. The Morgan fingerprint density at radius 1 is 0.258 bits per heavy atom. The van der Waals surface area contributed by atoms with Crippen molar-refractivity contribution in [3.63, 3.8) is 0 Å². The molecule has 0 spiro atoms. The van der Waals surface area contributed by atoms with E-state index in [0.717, 1.165) is 22.3 Å². The van der Waals surface area contributed by atoms with E-state index in [4.69, 9.17) is 15.0 Å². The molecule has 1 aromatic heterocycles. The third-order valence-electron chi connectivity index (χ3n) is 15.1. The van der Waals surface area contributed by atoms with Gasteiger partial charge in [0, 0.05) is 16.7 Å². The van der Waals surface area contributed by atoms with Gasteiger partial charge in [0.1, 0.15) is 110 Å². The Balaban J connectivity index is 1.38. The molecule has 0 saturated carbocycles. The van der Waals surface area contributed by atoms with Crippen LogP contribution >= 0.6 is 0 Å². The number of rotatable bonds is 5. The molecule has 0 atom stereocenters. The third-order valence-corrected chi connectivity index (χ3v) is 15.1. The summed E-state index contributed by atoms with van der Waals surface area (Å²) < 4.78 is 0. The molecule has 280 valence electrons. The van der Waals surface area contributed by atoms with Gasteiger partial charge in [0.05, 0.1) is 0 Å². The Bertz CT molecular complexity index is 3260. The van der Waals surface area contributed by atoms with Crippen LogP contribution in [-0.2, 0) is 0 Å². The average Bonchev–Trinajstić information content (AvgIpc) is 3.29. The minimum absolute atomic E-state index is 0.671. The molecule has 0 unspecified atom stereocenters. The molecular weight excluding hydrogens is 734 g/mol. The lowest BCUT2D eigenvalue weighted by Gasteiger charge is -2.25. The van der Waals surface area contributed by atoms with Crippen LogP contribution in [0.2, 0.25) is 0 Å². The van der Waals surface area contributed by atoms with E-state index in [9.17, 15) is 0 Å². The van der Waals surface area contributed by atoms with Gasteiger partial charge in [-0.15, -0.1) is 32.8 Å². The number of hydrogen-bond donors (Lipinski definition) is 0. The van der Waals surface area contributed by atoms with Crippen LogP contribution in [0.15, 0.2) is 91.0 Å². The van der Waals surface area contributed by atoms with Crippen LogP contribution in [0.1, 0.15) is 0 Å². The van der Waals surface area contributed by atoms with Gasteiger partial charge in [-0.3, -0.25) is 0 Å². The highest BCUT2D eigenvalue weighted by atomic mass is 15.0. The van der Waals surface area contributed by atoms with Crippen molar-refractivity contribution in [3.8, 4) is 56.4 Å². The first-order valence-corrected chi connectivity index (χ1v) is 22.1. The van der Waals surface area contributed by atoms with Crippen molar-refractivity contribution in [1.82, 2.24) is 15.0 Å². The molecule has 1 heterocycles. The fraction of sp³-hybridized carbons (Fsp3) is 0. The second-order valence-corrected chi connectivity index (χ2v) is 18.0. The van der Waals surface area contributed by atoms with Gasteiger partial charge in [-0.1, -0.05) is 129 Å². The molecule has 9 aromatic rings. The van der Waals surface area contributed by atoms with Crippen molar-refractivity contribution in [2.24, 2.45) is 0 Å². The molecule has 0 aliphatic rings. The quantitative estimate of drug-likeness (QED) is 0.163. The lowest BCUT2D eigenvalue weighted by molar-refractivity contribution is 1.08. The summed E-state index contributed by atoms with van der Waals surface area (Å²) in [6.45, 7) is 0. The summed E-state index contributed by atoms with van der Waals surface area (Å²) in [6.07, 6.45) is 0. The molecule has 0 aliphatic carbocycles. The predicted molar refractivity (Wildman–Crippen MR) is 314 cm³/mol. The Morgan fingerprint density at radius 2 is 0.597 bits per heavy atom. The van der Waals surface area contributed by atoms with Gasteiger partial charge in [0.25, 0.3) is 0 Å². The van der Waals surface area contributed by atoms with E-state index >= 15 is 0 Å². The summed E-state index contributed by atoms with van der Waals surface area (Å²) in [5, 5.41) is 7.55. The van der Waals surface area contributed by atoms with Gasteiger partial charge in [-0.25, -0.2) is 15.0 Å². The van der Waals surface area contributed by atoms with E-state index in [0.29, 0.717) is 17.5 Å². The Morgan fingerprint density at radius 3 is 1.05 bits per heavy atom. The van der Waals surface area contributed by atoms with E-state index in [2.05, 4.69) is 201 Å². The molecule has 0 bridgehead atoms. The third kappa shape index (κ3) is 6.36. The normalized spacial score (nSPS) is 11.5. The molecule has 0 radical (unpaired) electrons. The molecule has 8 aromatic carbocycles. The highest BCUT2D eigenvalue weighted by Gasteiger charge is 2.25. The molecule has 62 heavy (non-hydrogen) atoms. The van der Waals surface area contributed by atoms with Gasteiger partial charge >= 0.3 is 0 Å². The molecule has 0 saturated heterocycles. The summed E-state index contributed by atoms with van der Waals surface area (Å²) in [5.74, 6) is 2.10. The average molecular weight is 777 g/mol. The van der Waals surface area contributed by atoms with E-state index in [1.54, 1.807) is 0 Å². The fourth-order valence-electron chi connectivity index (χ4n) is 10.4. The van der Waals surface area contributed by atoms with Crippen molar-refractivity contribution in [3.05, 3.63) is 91.0 Å². The van der Waals surface area contributed by atoms with Crippen molar-refractivity contribution < 1.29 is 0 Å². The molecule has 0 aliphatic heterocycles. The summed E-state index contributed by atoms with van der Waals surface area (Å²) in [5.41, 5.74) is 26.1. The van der Waals surface area contributed by atoms with Crippen molar-refractivity contribution in [2.45, 2.75) is 0 Å². The number of nitrogens with zero attached hydrogens (tertiary/aromatic N) is 3. The predicted octanol–water partition coefficient (Wildman–Crippen LogP) is -12.7. The van der Waals surface area contributed by atoms with Crippen LogP contribution in [0.3, 0.4) is 0 Å². The van der Waals surface area contributed by atoms with Gasteiger partial charge in [-0.2, -0.15) is 0 Å². The monoisotopic (exact) mass is 779 g/mol. The van der Waals surface area contributed by atoms with Crippen LogP contribution in [0.5, 0.6) is 0 Å². The fourth-order valence-corrected chi connectivity index (χ4v) is 10.4. The van der Waals surface area contributed by atoms with E-state index in [1.807, 2.05) is 0 Å². The van der Waals surface area contributed by atoms with Crippen molar-refractivity contribution >= 4 is 219 Å². The van der Waals surface area contributed by atoms with Crippen molar-refractivity contribution in [2.75, 3.05) is 0 Å². The zero-order chi connectivity index (χ0) is 44.0. The summed E-state index contributed by atoms with van der Waals surface area (Å²) in [6, 6.07) is 32.8. The first-order chi connectivity index (χ1) is 29.6. The maximum Gasteiger partial charge on any atom is 0.164 e. The number of benzene rings is 8. The molecule has 3 nitrogen and oxygen atoms in total. The second kappa shape index (κ2) is 15.7. The summed E-state index contributed by atoms with van der Waals surface area (Å²) >= 11 is 0. The van der Waals surface area contributed by atoms with Gasteiger partial charge in [-0.05, 0) is 60.6 Å². The molecule has 9 rings (SSSR count). The number of aromatic nitrogens is 3. The van der Waals surface area contributed by atoms with Crippen LogP contribution in [0.4, 0.5) is 0 Å². The highest BCUT2D eigenvalue weighted by Crippen LogP contribution is 2.37. The lowest BCUT2D eigenvalue weighted by Crippen LogP contribution is -2.52. The molecular formula is C45H43B14N3. The Hall–Kier alpha value is -5.54. The summed E-state index contributed by atoms with van der Waals surface area (Å²) in [4.78, 5) is 16.8. The van der Waals surface area contributed by atoms with Crippen molar-refractivity contribution in [1.29, 1.82) is 0 Å². The zero-order valence-corrected chi connectivity index (χ0v) is 39.0. The molecule has 0 amide bonds. The van der Waals surface area contributed by atoms with Crippen LogP contribution < -0.4 is 76.5 Å². The first kappa shape index (κ1) is 41.8. The topological polar surface area (TPSA) is 38.7 Å². The van der Waals surface area contributed by atoms with E-state index in [1.165, 1.54) is 125 Å². The lowest BCUT2D eigenvalue weighted by atomic mass is 9.59. The number of fused-ring (bicyclic) bond motifs is 3. The van der Waals surface area contributed by atoms with Crippen LogP contribution in [-0.4, -0.2) is 125 Å². The molecule has 0 N–H and O–H groups in total. The maximum absolute atomic E-state index is 5.65. The highest BCUT2D eigenvalue weighted by molar-refractivity contribution is 6.73. The van der Waals surface area contributed by atoms with Gasteiger partial charge in [0.2, 0.25) is 0 Å². The van der Waals surface area contributed by atoms with Gasteiger partial charge < -0.3 is 0 Å². The number of hydrogen-bond acceptors (Lipinski definition) is 3. The second-order valence-electron chi connectivity index (χ2n) is 18.0. The molecule has 17 heteroatoms.